The van der Waals surface area contributed by atoms with E-state index in [1.54, 1.807) is 6.07 Å². The third-order valence-electron chi connectivity index (χ3n) is 3.23. The van der Waals surface area contributed by atoms with Crippen LogP contribution in [0.1, 0.15) is 10.4 Å². The van der Waals surface area contributed by atoms with Crippen molar-refractivity contribution in [1.82, 2.24) is 4.31 Å². The van der Waals surface area contributed by atoms with Gasteiger partial charge in [0.25, 0.3) is 0 Å². The molecule has 0 radical (unpaired) electrons. The van der Waals surface area contributed by atoms with E-state index >= 15 is 0 Å². The zero-order valence-corrected chi connectivity index (χ0v) is 13.9. The lowest BCUT2D eigenvalue weighted by atomic mass is 10.1. The van der Waals surface area contributed by atoms with Gasteiger partial charge in [-0.15, -0.1) is 0 Å². The number of methoxy groups -OCH3 is 1. The standard InChI is InChI=1S/C16H18N2O4S/c1-18(2)23(20,21)13-9-10-15(14(11-13)16(19)22-3)17-12-7-5-4-6-8-12/h4-11,17H,1-3H3. The number of hydrogen-bond acceptors (Lipinski definition) is 5. The first-order valence-electron chi connectivity index (χ1n) is 6.83. The first-order chi connectivity index (χ1) is 10.9. The van der Waals surface area contributed by atoms with Crippen LogP contribution in [0.2, 0.25) is 0 Å². The molecule has 2 aromatic rings. The van der Waals surface area contributed by atoms with Crippen LogP contribution in [0, 0.1) is 0 Å². The number of carbonyl (C=O) groups excluding carboxylic acids is 1. The molecule has 0 saturated heterocycles. The van der Waals surface area contributed by atoms with Gasteiger partial charge in [-0.25, -0.2) is 17.5 Å². The molecule has 0 heterocycles. The summed E-state index contributed by atoms with van der Waals surface area (Å²) < 4.78 is 30.3. The van der Waals surface area contributed by atoms with Crippen LogP contribution in [0.3, 0.4) is 0 Å². The molecule has 1 N–H and O–H groups in total. The molecular formula is C16H18N2O4S. The first-order valence-corrected chi connectivity index (χ1v) is 8.27. The molecule has 0 fully saturated rings. The predicted octanol–water partition coefficient (Wildman–Crippen LogP) is 2.47. The highest BCUT2D eigenvalue weighted by molar-refractivity contribution is 7.89. The summed E-state index contributed by atoms with van der Waals surface area (Å²) in [5.74, 6) is -0.612. The normalized spacial score (nSPS) is 11.3. The molecule has 2 rings (SSSR count). The van der Waals surface area contributed by atoms with Crippen molar-refractivity contribution >= 4 is 27.4 Å². The van der Waals surface area contributed by atoms with Crippen LogP contribution in [0.15, 0.2) is 53.4 Å². The molecule has 2 aromatic carbocycles. The van der Waals surface area contributed by atoms with Gasteiger partial charge in [0.1, 0.15) is 0 Å². The lowest BCUT2D eigenvalue weighted by Gasteiger charge is -2.15. The van der Waals surface area contributed by atoms with Crippen LogP contribution in [0.25, 0.3) is 0 Å². The molecule has 0 bridgehead atoms. The Balaban J connectivity index is 2.50. The molecule has 0 spiro atoms. The van der Waals surface area contributed by atoms with Gasteiger partial charge in [-0.1, -0.05) is 18.2 Å². The monoisotopic (exact) mass is 334 g/mol. The largest absolute Gasteiger partial charge is 0.465 e. The van der Waals surface area contributed by atoms with Crippen LogP contribution in [0.5, 0.6) is 0 Å². The highest BCUT2D eigenvalue weighted by atomic mass is 32.2. The lowest BCUT2D eigenvalue weighted by Crippen LogP contribution is -2.22. The highest BCUT2D eigenvalue weighted by Gasteiger charge is 2.21. The summed E-state index contributed by atoms with van der Waals surface area (Å²) in [5, 5.41) is 3.09. The summed E-state index contributed by atoms with van der Waals surface area (Å²) in [6, 6.07) is 13.6. The third kappa shape index (κ3) is 3.69. The van der Waals surface area contributed by atoms with Crippen LogP contribution in [-0.4, -0.2) is 39.9 Å². The van der Waals surface area contributed by atoms with Gasteiger partial charge in [-0.05, 0) is 30.3 Å². The zero-order valence-electron chi connectivity index (χ0n) is 13.1. The van der Waals surface area contributed by atoms with Crippen LogP contribution in [-0.2, 0) is 14.8 Å². The number of esters is 1. The Labute approximate surface area is 135 Å². The maximum Gasteiger partial charge on any atom is 0.340 e. The van der Waals surface area contributed by atoms with E-state index in [0.29, 0.717) is 5.69 Å². The number of ether oxygens (including phenoxy) is 1. The number of hydrogen-bond donors (Lipinski definition) is 1. The van der Waals surface area contributed by atoms with Crippen molar-refractivity contribution in [3.05, 3.63) is 54.1 Å². The topological polar surface area (TPSA) is 75.7 Å². The number of nitrogens with one attached hydrogen (secondary N) is 1. The van der Waals surface area contributed by atoms with E-state index in [1.807, 2.05) is 30.3 Å². The molecule has 7 heteroatoms. The minimum absolute atomic E-state index is 0.0292. The Kier molecular flexibility index (Phi) is 5.02. The molecule has 0 aromatic heterocycles. The number of rotatable bonds is 5. The van der Waals surface area contributed by atoms with Gasteiger partial charge in [-0.2, -0.15) is 0 Å². The second-order valence-electron chi connectivity index (χ2n) is 4.98. The molecule has 0 amide bonds. The maximum atomic E-state index is 12.2. The Bertz CT molecular complexity index is 802. The summed E-state index contributed by atoms with van der Waals surface area (Å²) in [4.78, 5) is 12.0. The Hall–Kier alpha value is -2.38. The number of para-hydroxylation sites is 1. The second-order valence-corrected chi connectivity index (χ2v) is 7.13. The van der Waals surface area contributed by atoms with E-state index < -0.39 is 16.0 Å². The fourth-order valence-electron chi connectivity index (χ4n) is 1.96. The van der Waals surface area contributed by atoms with Crippen molar-refractivity contribution < 1.29 is 17.9 Å². The molecule has 23 heavy (non-hydrogen) atoms. The van der Waals surface area contributed by atoms with Crippen molar-refractivity contribution in [2.45, 2.75) is 4.90 Å². The average Bonchev–Trinajstić information content (AvgIpc) is 2.55. The summed E-state index contributed by atoms with van der Waals surface area (Å²) >= 11 is 0. The van der Waals surface area contributed by atoms with Crippen molar-refractivity contribution in [1.29, 1.82) is 0 Å². The van der Waals surface area contributed by atoms with Crippen LogP contribution < -0.4 is 5.32 Å². The average molecular weight is 334 g/mol. The third-order valence-corrected chi connectivity index (χ3v) is 5.04. The van der Waals surface area contributed by atoms with Crippen LogP contribution in [0.4, 0.5) is 11.4 Å². The number of anilines is 2. The summed E-state index contributed by atoms with van der Waals surface area (Å²) in [7, 11) is 0.486. The zero-order chi connectivity index (χ0) is 17.0. The fraction of sp³-hybridized carbons (Fsp3) is 0.188. The van der Waals surface area contributed by atoms with Gasteiger partial charge >= 0.3 is 5.97 Å². The molecule has 0 aliphatic heterocycles. The number of nitrogens with zero attached hydrogens (tertiary/aromatic N) is 1. The Morgan fingerprint density at radius 3 is 2.30 bits per heavy atom. The van der Waals surface area contributed by atoms with Crippen molar-refractivity contribution in [3.8, 4) is 0 Å². The number of carbonyl (C=O) groups is 1. The Morgan fingerprint density at radius 2 is 1.74 bits per heavy atom. The van der Waals surface area contributed by atoms with Crippen molar-refractivity contribution in [2.24, 2.45) is 0 Å². The second kappa shape index (κ2) is 6.80. The minimum atomic E-state index is -3.63. The van der Waals surface area contributed by atoms with Crippen molar-refractivity contribution in [3.63, 3.8) is 0 Å². The summed E-state index contributed by atoms with van der Waals surface area (Å²) in [6.45, 7) is 0. The van der Waals surface area contributed by atoms with E-state index in [4.69, 9.17) is 4.74 Å². The summed E-state index contributed by atoms with van der Waals surface area (Å²) in [6.07, 6.45) is 0. The fourth-order valence-corrected chi connectivity index (χ4v) is 2.89. The quantitative estimate of drug-likeness (QED) is 0.850. The van der Waals surface area contributed by atoms with Crippen molar-refractivity contribution in [2.75, 3.05) is 26.5 Å². The van der Waals surface area contributed by atoms with E-state index in [9.17, 15) is 13.2 Å². The highest BCUT2D eigenvalue weighted by Crippen LogP contribution is 2.25. The maximum absolute atomic E-state index is 12.2. The number of sulfonamides is 1. The van der Waals surface area contributed by atoms with Gasteiger partial charge in [-0.3, -0.25) is 0 Å². The first kappa shape index (κ1) is 17.0. The van der Waals surface area contributed by atoms with E-state index in [0.717, 1.165) is 9.99 Å². The van der Waals surface area contributed by atoms with Gasteiger partial charge in [0.2, 0.25) is 10.0 Å². The van der Waals surface area contributed by atoms with E-state index in [-0.39, 0.29) is 10.5 Å². The Morgan fingerprint density at radius 1 is 1.09 bits per heavy atom. The molecule has 0 saturated carbocycles. The smallest absolute Gasteiger partial charge is 0.340 e. The summed E-state index contributed by atoms with van der Waals surface area (Å²) in [5.41, 5.74) is 1.40. The van der Waals surface area contributed by atoms with E-state index in [1.165, 1.54) is 33.3 Å². The molecule has 0 aliphatic carbocycles. The SMILES string of the molecule is COC(=O)c1cc(S(=O)(=O)N(C)C)ccc1Nc1ccccc1. The van der Waals surface area contributed by atoms with Gasteiger partial charge < -0.3 is 10.1 Å². The minimum Gasteiger partial charge on any atom is -0.465 e. The molecule has 0 aliphatic rings. The molecule has 122 valence electrons. The van der Waals surface area contributed by atoms with Crippen LogP contribution >= 0.6 is 0 Å². The number of benzene rings is 2. The lowest BCUT2D eigenvalue weighted by molar-refractivity contribution is 0.0601. The van der Waals surface area contributed by atoms with Gasteiger partial charge in [0, 0.05) is 19.8 Å². The molecule has 0 atom stereocenters. The molecular weight excluding hydrogens is 316 g/mol. The van der Waals surface area contributed by atoms with Gasteiger partial charge in [0.05, 0.1) is 23.3 Å². The molecule has 6 nitrogen and oxygen atoms in total. The predicted molar refractivity (Wildman–Crippen MR) is 88.4 cm³/mol. The molecule has 0 unspecified atom stereocenters. The van der Waals surface area contributed by atoms with Gasteiger partial charge in [0.15, 0.2) is 0 Å². The van der Waals surface area contributed by atoms with E-state index in [2.05, 4.69) is 5.32 Å².